The van der Waals surface area contributed by atoms with Gasteiger partial charge < -0.3 is 5.32 Å². The van der Waals surface area contributed by atoms with Crippen molar-refractivity contribution in [2.24, 2.45) is 0 Å². The van der Waals surface area contributed by atoms with Gasteiger partial charge in [0, 0.05) is 18.0 Å². The normalized spacial score (nSPS) is 15.2. The Hall–Kier alpha value is -3.16. The number of amides is 1. The van der Waals surface area contributed by atoms with Gasteiger partial charge in [0.1, 0.15) is 28.6 Å². The first-order chi connectivity index (χ1) is 13.6. The van der Waals surface area contributed by atoms with E-state index in [2.05, 4.69) is 25.4 Å². The molecule has 2 heterocycles. The Balaban J connectivity index is 1.92. The molecule has 0 aliphatic heterocycles. The summed E-state index contributed by atoms with van der Waals surface area (Å²) in [6.45, 7) is 3.05. The van der Waals surface area contributed by atoms with Gasteiger partial charge in [-0.2, -0.15) is 5.10 Å². The summed E-state index contributed by atoms with van der Waals surface area (Å²) in [5.41, 5.74) is -0.757. The first-order valence-electron chi connectivity index (χ1n) is 8.19. The van der Waals surface area contributed by atoms with Gasteiger partial charge in [0.15, 0.2) is 5.82 Å². The maximum absolute atomic E-state index is 13.6. The molecular weight excluding hydrogens is 438 g/mol. The number of hydrogen-bond acceptors (Lipinski definition) is 5. The van der Waals surface area contributed by atoms with Gasteiger partial charge in [-0.1, -0.05) is 19.4 Å². The van der Waals surface area contributed by atoms with Crippen LogP contribution in [0.1, 0.15) is 34.8 Å². The van der Waals surface area contributed by atoms with E-state index >= 15 is 0 Å². The average molecular weight is 452 g/mol. The van der Waals surface area contributed by atoms with Crippen LogP contribution in [0.15, 0.2) is 41.8 Å². The number of rotatable bonds is 5. The van der Waals surface area contributed by atoms with E-state index in [9.17, 15) is 28.6 Å². The molecule has 0 aliphatic carbocycles. The number of benzene rings is 1. The van der Waals surface area contributed by atoms with Gasteiger partial charge in [-0.3, -0.25) is 9.78 Å². The summed E-state index contributed by atoms with van der Waals surface area (Å²) in [6, 6.07) is -0.967. The Bertz CT molecular complexity index is 1130. The number of nitrogens with one attached hydrogen (secondary N) is 1. The first kappa shape index (κ1) is 21.5. The SMILES string of the molecule is Cc1ncn(-c2nccnc2C(C)NC(=O)c2cc(F)cc(S(F)(F)(F)(F)F)c2)n1. The molecule has 14 heteroatoms. The lowest BCUT2D eigenvalue weighted by Gasteiger charge is -2.40. The summed E-state index contributed by atoms with van der Waals surface area (Å²) >= 11 is 0. The van der Waals surface area contributed by atoms with Crippen LogP contribution in [-0.4, -0.2) is 30.6 Å². The summed E-state index contributed by atoms with van der Waals surface area (Å²) in [4.78, 5) is 22.0. The fourth-order valence-electron chi connectivity index (χ4n) is 2.54. The highest BCUT2D eigenvalue weighted by Gasteiger charge is 2.65. The molecule has 1 N–H and O–H groups in total. The number of carbonyl (C=O) groups excluding carboxylic acids is 1. The average Bonchev–Trinajstić information content (AvgIpc) is 3.05. The van der Waals surface area contributed by atoms with E-state index in [-0.39, 0.29) is 23.6 Å². The third kappa shape index (κ3) is 4.69. The van der Waals surface area contributed by atoms with Gasteiger partial charge in [-0.25, -0.2) is 19.0 Å². The van der Waals surface area contributed by atoms with Crippen molar-refractivity contribution < 1.29 is 28.6 Å². The highest BCUT2D eigenvalue weighted by atomic mass is 32.5. The van der Waals surface area contributed by atoms with E-state index in [0.29, 0.717) is 11.9 Å². The van der Waals surface area contributed by atoms with Gasteiger partial charge in [-0.05, 0) is 32.0 Å². The number of aromatic nitrogens is 5. The summed E-state index contributed by atoms with van der Waals surface area (Å²) in [5.74, 6) is -2.24. The maximum Gasteiger partial charge on any atom is 0.310 e. The van der Waals surface area contributed by atoms with Crippen molar-refractivity contribution in [3.8, 4) is 5.82 Å². The number of nitrogens with zero attached hydrogens (tertiary/aromatic N) is 5. The van der Waals surface area contributed by atoms with Gasteiger partial charge in [0.25, 0.3) is 5.91 Å². The van der Waals surface area contributed by atoms with Crippen molar-refractivity contribution in [3.05, 3.63) is 59.8 Å². The van der Waals surface area contributed by atoms with E-state index in [1.165, 1.54) is 30.3 Å². The quantitative estimate of drug-likeness (QED) is 0.570. The lowest BCUT2D eigenvalue weighted by atomic mass is 10.1. The second-order valence-electron chi connectivity index (χ2n) is 6.34. The first-order valence-corrected chi connectivity index (χ1v) is 10.1. The van der Waals surface area contributed by atoms with Crippen molar-refractivity contribution in [1.29, 1.82) is 0 Å². The molecule has 0 fully saturated rings. The molecule has 162 valence electrons. The number of hydrogen-bond donors (Lipinski definition) is 1. The number of aryl methyl sites for hydroxylation is 1. The molecule has 30 heavy (non-hydrogen) atoms. The predicted molar refractivity (Wildman–Crippen MR) is 95.4 cm³/mol. The monoisotopic (exact) mass is 452 g/mol. The van der Waals surface area contributed by atoms with E-state index in [1.807, 2.05) is 0 Å². The maximum atomic E-state index is 13.6. The van der Waals surface area contributed by atoms with E-state index in [0.717, 1.165) is 0 Å². The van der Waals surface area contributed by atoms with Crippen LogP contribution in [0.2, 0.25) is 0 Å². The Labute approximate surface area is 165 Å². The lowest BCUT2D eigenvalue weighted by Crippen LogP contribution is -2.28. The molecule has 1 aromatic carbocycles. The summed E-state index contributed by atoms with van der Waals surface area (Å²) in [7, 11) is -10.2. The molecule has 3 aromatic rings. The Morgan fingerprint density at radius 3 is 2.33 bits per heavy atom. The van der Waals surface area contributed by atoms with Crippen LogP contribution in [0.4, 0.5) is 23.8 Å². The van der Waals surface area contributed by atoms with E-state index in [1.54, 1.807) is 6.92 Å². The zero-order chi connectivity index (χ0) is 22.4. The van der Waals surface area contributed by atoms with Gasteiger partial charge in [0.05, 0.1) is 6.04 Å². The second kappa shape index (κ2) is 6.42. The molecule has 1 amide bonds. The van der Waals surface area contributed by atoms with Crippen LogP contribution in [0, 0.1) is 12.7 Å². The molecule has 1 unspecified atom stereocenters. The van der Waals surface area contributed by atoms with Gasteiger partial charge in [-0.15, -0.1) is 0 Å². The van der Waals surface area contributed by atoms with Crippen molar-refractivity contribution in [3.63, 3.8) is 0 Å². The molecule has 0 radical (unpaired) electrons. The molecule has 3 rings (SSSR count). The van der Waals surface area contributed by atoms with Crippen molar-refractivity contribution >= 4 is 16.1 Å². The highest BCUT2D eigenvalue weighted by molar-refractivity contribution is 8.45. The summed E-state index contributed by atoms with van der Waals surface area (Å²) in [6.07, 6.45) is 3.99. The minimum atomic E-state index is -10.2. The van der Waals surface area contributed by atoms with Crippen molar-refractivity contribution in [2.75, 3.05) is 0 Å². The van der Waals surface area contributed by atoms with Crippen LogP contribution < -0.4 is 5.32 Å². The van der Waals surface area contributed by atoms with Gasteiger partial charge in [0.2, 0.25) is 0 Å². The second-order valence-corrected chi connectivity index (χ2v) is 8.75. The van der Waals surface area contributed by atoms with Gasteiger partial charge >= 0.3 is 10.2 Å². The smallest absolute Gasteiger partial charge is 0.310 e. The lowest BCUT2D eigenvalue weighted by molar-refractivity contribution is 0.0938. The fourth-order valence-corrected chi connectivity index (χ4v) is 3.22. The molecule has 0 bridgehead atoms. The molecule has 0 aliphatic rings. The standard InChI is InChI=1S/C16H14F6N6OS/c1-9(14-15(24-4-3-23-14)28-8-25-10(2)27-28)26-16(29)11-5-12(17)7-13(6-11)30(18,19,20,21)22/h3-9H,1-2H3,(H,26,29). The van der Waals surface area contributed by atoms with Crippen LogP contribution in [0.25, 0.3) is 5.82 Å². The molecule has 1 atom stereocenters. The van der Waals surface area contributed by atoms with Crippen LogP contribution in [0.3, 0.4) is 0 Å². The molecule has 7 nitrogen and oxygen atoms in total. The highest BCUT2D eigenvalue weighted by Crippen LogP contribution is 3.02. The Morgan fingerprint density at radius 2 is 1.73 bits per heavy atom. The zero-order valence-corrected chi connectivity index (χ0v) is 16.2. The van der Waals surface area contributed by atoms with E-state index < -0.39 is 38.4 Å². The van der Waals surface area contributed by atoms with Crippen LogP contribution in [-0.2, 0) is 0 Å². The summed E-state index contributed by atoms with van der Waals surface area (Å²) < 4.78 is 79.9. The van der Waals surface area contributed by atoms with Crippen molar-refractivity contribution in [1.82, 2.24) is 30.0 Å². The number of carbonyl (C=O) groups is 1. The minimum absolute atomic E-state index is 0.0922. The van der Waals surface area contributed by atoms with Crippen molar-refractivity contribution in [2.45, 2.75) is 24.8 Å². The third-order valence-electron chi connectivity index (χ3n) is 3.87. The topological polar surface area (TPSA) is 85.6 Å². The largest absolute Gasteiger partial charge is 0.344 e. The third-order valence-corrected chi connectivity index (χ3v) is 4.99. The molecule has 0 saturated carbocycles. The molecule has 2 aromatic heterocycles. The summed E-state index contributed by atoms with van der Waals surface area (Å²) in [5, 5.41) is 6.35. The number of halogens is 6. The molecule has 0 saturated heterocycles. The van der Waals surface area contributed by atoms with E-state index in [4.69, 9.17) is 0 Å². The minimum Gasteiger partial charge on any atom is -0.344 e. The Kier molecular flexibility index (Phi) is 4.61. The van der Waals surface area contributed by atoms with Crippen LogP contribution >= 0.6 is 10.2 Å². The molecular formula is C16H14F6N6OS. The Morgan fingerprint density at radius 1 is 1.07 bits per heavy atom. The molecule has 0 spiro atoms. The predicted octanol–water partition coefficient (Wildman–Crippen LogP) is 4.65. The van der Waals surface area contributed by atoms with Crippen LogP contribution in [0.5, 0.6) is 0 Å². The zero-order valence-electron chi connectivity index (χ0n) is 15.4. The fraction of sp³-hybridized carbons (Fsp3) is 0.188.